The number of hydrogen-bond donors (Lipinski definition) is 2. The largest absolute Gasteiger partial charge is 0.508 e. The number of aromatic nitrogens is 1. The van der Waals surface area contributed by atoms with Crippen molar-refractivity contribution in [3.8, 4) is 11.8 Å². The molecule has 1 fully saturated rings. The monoisotopic (exact) mass is 305 g/mol. The number of allylic oxidation sites excluding steroid dienone is 2. The van der Waals surface area contributed by atoms with Crippen LogP contribution in [0.25, 0.3) is 16.5 Å². The lowest BCUT2D eigenvalue weighted by atomic mass is 9.90. The van der Waals surface area contributed by atoms with Gasteiger partial charge in [-0.3, -0.25) is 0 Å². The molecule has 2 atom stereocenters. The summed E-state index contributed by atoms with van der Waals surface area (Å²) in [6.07, 6.45) is 7.82. The molecule has 4 nitrogen and oxygen atoms in total. The standard InChI is InChI=1S/C19H19N3O/c1-2-22-18-10-14(23)5-6-15(18)16(11-20)19(22)13-4-3-12-7-8-21-17(12)9-13/h3-6,9-10,12,17,21,23H,2,7-8H2,1H3. The number of aromatic hydroxyl groups is 1. The van der Waals surface area contributed by atoms with Gasteiger partial charge < -0.3 is 15.0 Å². The predicted octanol–water partition coefficient (Wildman–Crippen LogP) is 3.17. The van der Waals surface area contributed by atoms with Crippen LogP contribution in [-0.4, -0.2) is 22.3 Å². The lowest BCUT2D eigenvalue weighted by molar-refractivity contribution is 0.476. The fourth-order valence-electron chi connectivity index (χ4n) is 3.86. The fourth-order valence-corrected chi connectivity index (χ4v) is 3.86. The van der Waals surface area contributed by atoms with Crippen molar-refractivity contribution in [1.82, 2.24) is 9.88 Å². The zero-order chi connectivity index (χ0) is 16.0. The number of benzene rings is 1. The molecule has 0 radical (unpaired) electrons. The van der Waals surface area contributed by atoms with Gasteiger partial charge in [-0.05, 0) is 43.5 Å². The molecule has 2 unspecified atom stereocenters. The third-order valence-electron chi connectivity index (χ3n) is 4.95. The Balaban J connectivity index is 1.96. The van der Waals surface area contributed by atoms with Gasteiger partial charge in [0.1, 0.15) is 11.8 Å². The number of aryl methyl sites for hydroxylation is 1. The van der Waals surface area contributed by atoms with E-state index >= 15 is 0 Å². The summed E-state index contributed by atoms with van der Waals surface area (Å²) in [6.45, 7) is 3.86. The molecule has 1 aliphatic heterocycles. The number of nitrogens with zero attached hydrogens (tertiary/aromatic N) is 2. The smallest absolute Gasteiger partial charge is 0.117 e. The third-order valence-corrected chi connectivity index (χ3v) is 4.95. The van der Waals surface area contributed by atoms with Gasteiger partial charge in [-0.1, -0.05) is 18.2 Å². The van der Waals surface area contributed by atoms with Crippen molar-refractivity contribution in [2.75, 3.05) is 6.54 Å². The molecule has 0 spiro atoms. The Morgan fingerprint density at radius 2 is 2.30 bits per heavy atom. The molecule has 23 heavy (non-hydrogen) atoms. The average molecular weight is 305 g/mol. The maximum absolute atomic E-state index is 9.82. The molecule has 4 rings (SSSR count). The molecule has 116 valence electrons. The molecule has 4 heteroatoms. The fraction of sp³-hybridized carbons (Fsp3) is 0.316. The number of nitrogens with one attached hydrogen (secondary N) is 1. The van der Waals surface area contributed by atoms with Gasteiger partial charge in [0.05, 0.1) is 16.8 Å². The first-order valence-electron chi connectivity index (χ1n) is 8.12. The van der Waals surface area contributed by atoms with E-state index < -0.39 is 0 Å². The first-order chi connectivity index (χ1) is 11.2. The molecule has 2 heterocycles. The van der Waals surface area contributed by atoms with Gasteiger partial charge in [-0.2, -0.15) is 5.26 Å². The van der Waals surface area contributed by atoms with E-state index in [1.165, 1.54) is 6.42 Å². The summed E-state index contributed by atoms with van der Waals surface area (Å²) < 4.78 is 2.12. The van der Waals surface area contributed by atoms with Gasteiger partial charge in [0.25, 0.3) is 0 Å². The van der Waals surface area contributed by atoms with Crippen molar-refractivity contribution in [3.63, 3.8) is 0 Å². The van der Waals surface area contributed by atoms with E-state index in [9.17, 15) is 10.4 Å². The van der Waals surface area contributed by atoms with Gasteiger partial charge >= 0.3 is 0 Å². The van der Waals surface area contributed by atoms with E-state index in [0.717, 1.165) is 35.3 Å². The number of fused-ring (bicyclic) bond motifs is 2. The number of phenols is 1. The molecule has 2 aliphatic rings. The average Bonchev–Trinajstić information content (AvgIpc) is 3.14. The van der Waals surface area contributed by atoms with Crippen molar-refractivity contribution in [2.24, 2.45) is 5.92 Å². The summed E-state index contributed by atoms with van der Waals surface area (Å²) in [4.78, 5) is 0. The number of rotatable bonds is 2. The van der Waals surface area contributed by atoms with Crippen LogP contribution in [0.2, 0.25) is 0 Å². The molecule has 1 saturated heterocycles. The minimum atomic E-state index is 0.228. The van der Waals surface area contributed by atoms with Crippen LogP contribution < -0.4 is 5.32 Å². The van der Waals surface area contributed by atoms with Crippen molar-refractivity contribution in [1.29, 1.82) is 5.26 Å². The van der Waals surface area contributed by atoms with Gasteiger partial charge in [-0.25, -0.2) is 0 Å². The zero-order valence-corrected chi connectivity index (χ0v) is 13.1. The van der Waals surface area contributed by atoms with E-state index in [-0.39, 0.29) is 5.75 Å². The van der Waals surface area contributed by atoms with Crippen LogP contribution in [0.15, 0.2) is 36.4 Å². The van der Waals surface area contributed by atoms with Gasteiger partial charge in [-0.15, -0.1) is 0 Å². The summed E-state index contributed by atoms with van der Waals surface area (Å²) >= 11 is 0. The topological polar surface area (TPSA) is 61.0 Å². The van der Waals surface area contributed by atoms with Crippen LogP contribution >= 0.6 is 0 Å². The second-order valence-corrected chi connectivity index (χ2v) is 6.19. The number of phenolic OH excluding ortho intramolecular Hbond substituents is 1. The molecule has 1 aromatic heterocycles. The highest BCUT2D eigenvalue weighted by molar-refractivity contribution is 5.95. The Morgan fingerprint density at radius 1 is 1.43 bits per heavy atom. The van der Waals surface area contributed by atoms with E-state index in [4.69, 9.17) is 0 Å². The van der Waals surface area contributed by atoms with E-state index in [1.54, 1.807) is 12.1 Å². The SMILES string of the molecule is CCn1c(C2=CC3NCCC3C=C2)c(C#N)c2ccc(O)cc21. The van der Waals surface area contributed by atoms with E-state index in [2.05, 4.69) is 41.1 Å². The minimum Gasteiger partial charge on any atom is -0.508 e. The first-order valence-corrected chi connectivity index (χ1v) is 8.12. The second-order valence-electron chi connectivity index (χ2n) is 6.19. The van der Waals surface area contributed by atoms with Crippen molar-refractivity contribution in [2.45, 2.75) is 25.9 Å². The van der Waals surface area contributed by atoms with Crippen LogP contribution in [-0.2, 0) is 6.54 Å². The number of nitriles is 1. The number of hydrogen-bond acceptors (Lipinski definition) is 3. The third kappa shape index (κ3) is 2.08. The quantitative estimate of drug-likeness (QED) is 0.896. The van der Waals surface area contributed by atoms with E-state index in [0.29, 0.717) is 17.5 Å². The first kappa shape index (κ1) is 14.1. The Hall–Kier alpha value is -2.51. The molecular weight excluding hydrogens is 286 g/mol. The summed E-state index contributed by atoms with van der Waals surface area (Å²) in [5, 5.41) is 24.0. The second kappa shape index (κ2) is 5.29. The molecule has 1 aromatic carbocycles. The van der Waals surface area contributed by atoms with Crippen LogP contribution in [0.5, 0.6) is 5.75 Å². The van der Waals surface area contributed by atoms with E-state index in [1.807, 2.05) is 6.07 Å². The maximum atomic E-state index is 9.82. The van der Waals surface area contributed by atoms with Crippen molar-refractivity contribution < 1.29 is 5.11 Å². The lowest BCUT2D eigenvalue weighted by Gasteiger charge is -2.20. The Labute approximate surface area is 135 Å². The summed E-state index contributed by atoms with van der Waals surface area (Å²) in [7, 11) is 0. The highest BCUT2D eigenvalue weighted by Crippen LogP contribution is 2.36. The molecule has 0 bridgehead atoms. The maximum Gasteiger partial charge on any atom is 0.117 e. The van der Waals surface area contributed by atoms with Gasteiger partial charge in [0.15, 0.2) is 0 Å². The lowest BCUT2D eigenvalue weighted by Crippen LogP contribution is -2.25. The molecule has 2 aromatic rings. The van der Waals surface area contributed by atoms with Crippen LogP contribution in [0.3, 0.4) is 0 Å². The van der Waals surface area contributed by atoms with Crippen molar-refractivity contribution >= 4 is 16.5 Å². The Kier molecular flexibility index (Phi) is 3.24. The Bertz CT molecular complexity index is 882. The predicted molar refractivity (Wildman–Crippen MR) is 91.0 cm³/mol. The summed E-state index contributed by atoms with van der Waals surface area (Å²) in [5.74, 6) is 0.791. The highest BCUT2D eigenvalue weighted by Gasteiger charge is 2.28. The molecule has 1 aliphatic carbocycles. The molecule has 0 saturated carbocycles. The van der Waals surface area contributed by atoms with Gasteiger partial charge in [0.2, 0.25) is 0 Å². The zero-order valence-electron chi connectivity index (χ0n) is 13.1. The molecule has 0 amide bonds. The summed E-state index contributed by atoms with van der Waals surface area (Å²) in [5.41, 5.74) is 3.65. The van der Waals surface area contributed by atoms with Crippen LogP contribution in [0, 0.1) is 17.2 Å². The highest BCUT2D eigenvalue weighted by atomic mass is 16.3. The van der Waals surface area contributed by atoms with Crippen LogP contribution in [0.4, 0.5) is 0 Å². The summed E-state index contributed by atoms with van der Waals surface area (Å²) in [6, 6.07) is 7.96. The van der Waals surface area contributed by atoms with Crippen molar-refractivity contribution in [3.05, 3.63) is 47.7 Å². The van der Waals surface area contributed by atoms with Crippen LogP contribution in [0.1, 0.15) is 24.6 Å². The molecular formula is C19H19N3O. The minimum absolute atomic E-state index is 0.228. The Morgan fingerprint density at radius 3 is 3.09 bits per heavy atom. The molecule has 2 N–H and O–H groups in total. The normalized spacial score (nSPS) is 22.9. The van der Waals surface area contributed by atoms with Gasteiger partial charge in [0, 0.05) is 24.0 Å².